The Morgan fingerprint density at radius 3 is 2.55 bits per heavy atom. The molecule has 4 nitrogen and oxygen atoms in total. The molecule has 1 aliphatic heterocycles. The van der Waals surface area contributed by atoms with E-state index in [1.807, 2.05) is 24.3 Å². The number of nitrogens with zero attached hydrogens (tertiary/aromatic N) is 1. The molecular formula is C17H17ClN2O2. The fourth-order valence-corrected chi connectivity index (χ4v) is 2.89. The second-order valence-electron chi connectivity index (χ2n) is 5.40. The molecule has 0 unspecified atom stereocenters. The standard InChI is InChI=1S/C17H17ClN2O2/c18-15-5-3-14(4-6-15)17(7-10-22-11-8-17)20-16(21)13-2-1-9-19-12-13/h1-6,9,12H,7-8,10-11H2,(H,20,21). The molecule has 2 heterocycles. The van der Waals surface area contributed by atoms with Crippen LogP contribution in [0.4, 0.5) is 0 Å². The number of rotatable bonds is 3. The fourth-order valence-electron chi connectivity index (χ4n) is 2.76. The number of carbonyl (C=O) groups is 1. The van der Waals surface area contributed by atoms with Crippen LogP contribution in [-0.2, 0) is 10.3 Å². The first kappa shape index (κ1) is 15.0. The Hall–Kier alpha value is -1.91. The number of pyridine rings is 1. The Morgan fingerprint density at radius 2 is 1.91 bits per heavy atom. The molecule has 0 radical (unpaired) electrons. The number of ether oxygens (including phenoxy) is 1. The summed E-state index contributed by atoms with van der Waals surface area (Å²) in [7, 11) is 0. The highest BCUT2D eigenvalue weighted by Gasteiger charge is 2.36. The maximum Gasteiger partial charge on any atom is 0.253 e. The summed E-state index contributed by atoms with van der Waals surface area (Å²) < 4.78 is 5.47. The lowest BCUT2D eigenvalue weighted by molar-refractivity contribution is 0.0345. The minimum absolute atomic E-state index is 0.120. The van der Waals surface area contributed by atoms with E-state index in [4.69, 9.17) is 16.3 Å². The van der Waals surface area contributed by atoms with Crippen LogP contribution in [0.1, 0.15) is 28.8 Å². The van der Waals surface area contributed by atoms with Gasteiger partial charge >= 0.3 is 0 Å². The third-order valence-corrected chi connectivity index (χ3v) is 4.27. The van der Waals surface area contributed by atoms with Crippen molar-refractivity contribution in [3.63, 3.8) is 0 Å². The van der Waals surface area contributed by atoms with Crippen molar-refractivity contribution in [3.05, 3.63) is 64.9 Å². The molecule has 0 bridgehead atoms. The molecule has 1 aromatic carbocycles. The summed E-state index contributed by atoms with van der Waals surface area (Å²) in [5.41, 5.74) is 1.19. The van der Waals surface area contributed by atoms with Crippen molar-refractivity contribution < 1.29 is 9.53 Å². The molecule has 1 saturated heterocycles. The van der Waals surface area contributed by atoms with Crippen LogP contribution >= 0.6 is 11.6 Å². The van der Waals surface area contributed by atoms with Gasteiger partial charge in [-0.25, -0.2) is 0 Å². The normalized spacial score (nSPS) is 17.0. The minimum Gasteiger partial charge on any atom is -0.381 e. The van der Waals surface area contributed by atoms with Crippen molar-refractivity contribution in [2.45, 2.75) is 18.4 Å². The third kappa shape index (κ3) is 3.13. The van der Waals surface area contributed by atoms with E-state index in [1.165, 1.54) is 0 Å². The molecule has 114 valence electrons. The molecule has 22 heavy (non-hydrogen) atoms. The Morgan fingerprint density at radius 1 is 1.18 bits per heavy atom. The molecule has 1 amide bonds. The maximum atomic E-state index is 12.5. The van der Waals surface area contributed by atoms with Gasteiger partial charge in [-0.1, -0.05) is 23.7 Å². The fraction of sp³-hybridized carbons (Fsp3) is 0.294. The molecule has 0 saturated carbocycles. The number of carbonyl (C=O) groups excluding carboxylic acids is 1. The number of benzene rings is 1. The van der Waals surface area contributed by atoms with E-state index in [-0.39, 0.29) is 5.91 Å². The molecule has 0 spiro atoms. The summed E-state index contributed by atoms with van der Waals surface area (Å²) in [6, 6.07) is 11.2. The lowest BCUT2D eigenvalue weighted by Crippen LogP contribution is -2.49. The quantitative estimate of drug-likeness (QED) is 0.946. The number of halogens is 1. The second kappa shape index (κ2) is 6.46. The SMILES string of the molecule is O=C(NC1(c2ccc(Cl)cc2)CCOCC1)c1cccnc1. The summed E-state index contributed by atoms with van der Waals surface area (Å²) in [5, 5.41) is 3.87. The molecule has 0 aliphatic carbocycles. The monoisotopic (exact) mass is 316 g/mol. The van der Waals surface area contributed by atoms with Gasteiger partial charge in [0.25, 0.3) is 5.91 Å². The molecule has 0 atom stereocenters. The number of aromatic nitrogens is 1. The van der Waals surface area contributed by atoms with Gasteiger partial charge in [-0.15, -0.1) is 0 Å². The zero-order valence-electron chi connectivity index (χ0n) is 12.1. The highest BCUT2D eigenvalue weighted by molar-refractivity contribution is 6.30. The Labute approximate surface area is 134 Å². The van der Waals surface area contributed by atoms with E-state index in [9.17, 15) is 4.79 Å². The van der Waals surface area contributed by atoms with Crippen LogP contribution in [0.3, 0.4) is 0 Å². The number of amides is 1. The third-order valence-electron chi connectivity index (χ3n) is 4.02. The lowest BCUT2D eigenvalue weighted by Gasteiger charge is -2.38. The molecular weight excluding hydrogens is 300 g/mol. The van der Waals surface area contributed by atoms with Crippen molar-refractivity contribution >= 4 is 17.5 Å². The van der Waals surface area contributed by atoms with Crippen LogP contribution in [-0.4, -0.2) is 24.1 Å². The lowest BCUT2D eigenvalue weighted by atomic mass is 9.82. The molecule has 3 rings (SSSR count). The van der Waals surface area contributed by atoms with Crippen molar-refractivity contribution in [3.8, 4) is 0 Å². The van der Waals surface area contributed by atoms with Crippen LogP contribution in [0.15, 0.2) is 48.8 Å². The van der Waals surface area contributed by atoms with E-state index in [0.29, 0.717) is 23.8 Å². The molecule has 5 heteroatoms. The molecule has 1 aliphatic rings. The van der Waals surface area contributed by atoms with Gasteiger partial charge in [0.2, 0.25) is 0 Å². The van der Waals surface area contributed by atoms with Crippen LogP contribution in [0.2, 0.25) is 5.02 Å². The van der Waals surface area contributed by atoms with E-state index >= 15 is 0 Å². The van der Waals surface area contributed by atoms with Gasteiger partial charge in [0.1, 0.15) is 0 Å². The zero-order valence-corrected chi connectivity index (χ0v) is 12.8. The number of nitrogens with one attached hydrogen (secondary N) is 1. The van der Waals surface area contributed by atoms with E-state index in [2.05, 4.69) is 10.3 Å². The largest absolute Gasteiger partial charge is 0.381 e. The zero-order chi connectivity index (χ0) is 15.4. The predicted molar refractivity (Wildman–Crippen MR) is 84.9 cm³/mol. The summed E-state index contributed by atoms with van der Waals surface area (Å²) in [5.74, 6) is -0.120. The van der Waals surface area contributed by atoms with Gasteiger partial charge in [-0.2, -0.15) is 0 Å². The second-order valence-corrected chi connectivity index (χ2v) is 5.83. The van der Waals surface area contributed by atoms with Crippen LogP contribution in [0, 0.1) is 0 Å². The van der Waals surface area contributed by atoms with E-state index in [0.717, 1.165) is 18.4 Å². The van der Waals surface area contributed by atoms with E-state index in [1.54, 1.807) is 24.5 Å². The highest BCUT2D eigenvalue weighted by atomic mass is 35.5. The highest BCUT2D eigenvalue weighted by Crippen LogP contribution is 2.33. The summed E-state index contributed by atoms with van der Waals surface area (Å²) in [6.45, 7) is 1.24. The Kier molecular flexibility index (Phi) is 4.41. The molecule has 2 aromatic rings. The van der Waals surface area contributed by atoms with Gasteiger partial charge in [0.05, 0.1) is 11.1 Å². The van der Waals surface area contributed by atoms with Crippen LogP contribution in [0.5, 0.6) is 0 Å². The number of hydrogen-bond acceptors (Lipinski definition) is 3. The van der Waals surface area contributed by atoms with Gasteiger partial charge in [-0.3, -0.25) is 9.78 Å². The maximum absolute atomic E-state index is 12.5. The molecule has 1 N–H and O–H groups in total. The summed E-state index contributed by atoms with van der Waals surface area (Å²) >= 11 is 5.98. The average Bonchev–Trinajstić information content (AvgIpc) is 2.57. The van der Waals surface area contributed by atoms with Crippen molar-refractivity contribution in [1.82, 2.24) is 10.3 Å². The topological polar surface area (TPSA) is 51.2 Å². The van der Waals surface area contributed by atoms with Crippen molar-refractivity contribution in [2.24, 2.45) is 0 Å². The summed E-state index contributed by atoms with van der Waals surface area (Å²) in [6.07, 6.45) is 4.70. The Bertz CT molecular complexity index is 637. The number of hydrogen-bond donors (Lipinski definition) is 1. The predicted octanol–water partition coefficient (Wildman–Crippen LogP) is 3.17. The van der Waals surface area contributed by atoms with E-state index < -0.39 is 5.54 Å². The first-order valence-corrected chi connectivity index (χ1v) is 7.64. The molecule has 1 aromatic heterocycles. The average molecular weight is 317 g/mol. The first-order chi connectivity index (χ1) is 10.7. The van der Waals surface area contributed by atoms with Crippen LogP contribution in [0.25, 0.3) is 0 Å². The smallest absolute Gasteiger partial charge is 0.253 e. The van der Waals surface area contributed by atoms with Gasteiger partial charge < -0.3 is 10.1 Å². The Balaban J connectivity index is 1.89. The molecule has 1 fully saturated rings. The van der Waals surface area contributed by atoms with Gasteiger partial charge in [0, 0.05) is 30.6 Å². The van der Waals surface area contributed by atoms with Gasteiger partial charge in [0.15, 0.2) is 0 Å². The van der Waals surface area contributed by atoms with Crippen molar-refractivity contribution in [1.29, 1.82) is 0 Å². The first-order valence-electron chi connectivity index (χ1n) is 7.26. The summed E-state index contributed by atoms with van der Waals surface area (Å²) in [4.78, 5) is 16.5. The van der Waals surface area contributed by atoms with Gasteiger partial charge in [-0.05, 0) is 42.7 Å². The minimum atomic E-state index is -0.421. The van der Waals surface area contributed by atoms with Crippen molar-refractivity contribution in [2.75, 3.05) is 13.2 Å². The van der Waals surface area contributed by atoms with Crippen LogP contribution < -0.4 is 5.32 Å².